The van der Waals surface area contributed by atoms with Crippen molar-refractivity contribution in [2.75, 3.05) is 20.3 Å². The number of hydrogen-bond acceptors (Lipinski definition) is 3. The summed E-state index contributed by atoms with van der Waals surface area (Å²) in [4.78, 5) is 1.44. The van der Waals surface area contributed by atoms with E-state index in [2.05, 4.69) is 30.6 Å². The first kappa shape index (κ1) is 11.7. The van der Waals surface area contributed by atoms with Gasteiger partial charge in [-0.05, 0) is 29.9 Å². The van der Waals surface area contributed by atoms with Crippen LogP contribution in [0.5, 0.6) is 0 Å². The normalized spacial score (nSPS) is 13.1. The van der Waals surface area contributed by atoms with Gasteiger partial charge in [0.25, 0.3) is 0 Å². The lowest BCUT2D eigenvalue weighted by Crippen LogP contribution is -2.23. The molecule has 0 fully saturated rings. The molecule has 2 nitrogen and oxygen atoms in total. The maximum absolute atomic E-state index is 5.08. The van der Waals surface area contributed by atoms with Crippen LogP contribution in [-0.2, 0) is 11.3 Å². The van der Waals surface area contributed by atoms with E-state index >= 15 is 0 Å². The van der Waals surface area contributed by atoms with Crippen LogP contribution in [0.1, 0.15) is 17.4 Å². The Hall–Kier alpha value is -0.380. The largest absolute Gasteiger partial charge is 0.384 e. The number of nitrogens with one attached hydrogen (secondary N) is 1. The van der Waals surface area contributed by atoms with Crippen molar-refractivity contribution < 1.29 is 4.74 Å². The van der Waals surface area contributed by atoms with Gasteiger partial charge >= 0.3 is 0 Å². The molecule has 1 aromatic rings. The van der Waals surface area contributed by atoms with Crippen molar-refractivity contribution in [1.29, 1.82) is 0 Å². The Morgan fingerprint density at radius 3 is 2.93 bits per heavy atom. The van der Waals surface area contributed by atoms with Gasteiger partial charge in [-0.15, -0.1) is 11.3 Å². The van der Waals surface area contributed by atoms with Crippen LogP contribution in [0.3, 0.4) is 0 Å². The highest BCUT2D eigenvalue weighted by molar-refractivity contribution is 7.10. The molecule has 0 radical (unpaired) electrons. The maximum atomic E-state index is 5.08. The molecule has 0 saturated heterocycles. The molecule has 14 heavy (non-hydrogen) atoms. The van der Waals surface area contributed by atoms with Crippen LogP contribution < -0.4 is 5.32 Å². The van der Waals surface area contributed by atoms with Gasteiger partial charge in [-0.3, -0.25) is 0 Å². The Morgan fingerprint density at radius 2 is 2.36 bits per heavy atom. The highest BCUT2D eigenvalue weighted by atomic mass is 32.1. The van der Waals surface area contributed by atoms with Gasteiger partial charge in [-0.2, -0.15) is 0 Å². The molecule has 1 heterocycles. The van der Waals surface area contributed by atoms with Crippen molar-refractivity contribution in [3.8, 4) is 0 Å². The number of thiophene rings is 1. The van der Waals surface area contributed by atoms with E-state index in [0.29, 0.717) is 5.92 Å². The molecule has 1 aromatic heterocycles. The Labute approximate surface area is 90.3 Å². The highest BCUT2D eigenvalue weighted by Gasteiger charge is 2.02. The topological polar surface area (TPSA) is 21.3 Å². The van der Waals surface area contributed by atoms with E-state index in [0.717, 1.165) is 19.7 Å². The Balaban J connectivity index is 2.19. The van der Waals surface area contributed by atoms with Crippen LogP contribution in [0.4, 0.5) is 0 Å². The van der Waals surface area contributed by atoms with Gasteiger partial charge < -0.3 is 10.1 Å². The van der Waals surface area contributed by atoms with Gasteiger partial charge in [-0.1, -0.05) is 6.92 Å². The van der Waals surface area contributed by atoms with Gasteiger partial charge in [0.2, 0.25) is 0 Å². The van der Waals surface area contributed by atoms with E-state index in [1.165, 1.54) is 10.4 Å². The average molecular weight is 213 g/mol. The molecule has 3 heteroatoms. The number of rotatable bonds is 6. The molecule has 0 aromatic carbocycles. The summed E-state index contributed by atoms with van der Waals surface area (Å²) in [5.74, 6) is 0.584. The van der Waals surface area contributed by atoms with Crippen LogP contribution in [0.2, 0.25) is 0 Å². The first-order chi connectivity index (χ1) is 6.74. The van der Waals surface area contributed by atoms with Crippen LogP contribution >= 0.6 is 11.3 Å². The minimum absolute atomic E-state index is 0.584. The fourth-order valence-electron chi connectivity index (χ4n) is 1.36. The molecule has 0 aliphatic rings. The monoisotopic (exact) mass is 213 g/mol. The molecule has 0 bridgehead atoms. The number of methoxy groups -OCH3 is 1. The van der Waals surface area contributed by atoms with Crippen molar-refractivity contribution in [3.63, 3.8) is 0 Å². The zero-order valence-corrected chi connectivity index (χ0v) is 9.99. The maximum Gasteiger partial charge on any atom is 0.0499 e. The summed E-state index contributed by atoms with van der Waals surface area (Å²) < 4.78 is 5.08. The lowest BCUT2D eigenvalue weighted by molar-refractivity contribution is 0.158. The van der Waals surface area contributed by atoms with Crippen molar-refractivity contribution >= 4 is 11.3 Å². The first-order valence-corrected chi connectivity index (χ1v) is 5.84. The van der Waals surface area contributed by atoms with E-state index in [-0.39, 0.29) is 0 Å². The van der Waals surface area contributed by atoms with Crippen LogP contribution in [0.15, 0.2) is 11.4 Å². The summed E-state index contributed by atoms with van der Waals surface area (Å²) in [7, 11) is 1.75. The third kappa shape index (κ3) is 3.78. The molecule has 1 unspecified atom stereocenters. The second kappa shape index (κ2) is 6.17. The van der Waals surface area contributed by atoms with Crippen LogP contribution in [0, 0.1) is 12.8 Å². The summed E-state index contributed by atoms with van der Waals surface area (Å²) >= 11 is 1.82. The zero-order chi connectivity index (χ0) is 10.4. The standard InChI is InChI=1S/C11H19NOS/c1-9(8-13-3)6-12-7-11-10(2)4-5-14-11/h4-5,9,12H,6-8H2,1-3H3. The fourth-order valence-corrected chi connectivity index (χ4v) is 2.24. The van der Waals surface area contributed by atoms with Crippen molar-refractivity contribution in [3.05, 3.63) is 21.9 Å². The molecular formula is C11H19NOS. The molecule has 80 valence electrons. The summed E-state index contributed by atoms with van der Waals surface area (Å²) in [6, 6.07) is 2.17. The lowest BCUT2D eigenvalue weighted by atomic mass is 10.2. The molecule has 0 aliphatic heterocycles. The van der Waals surface area contributed by atoms with E-state index in [1.54, 1.807) is 7.11 Å². The van der Waals surface area contributed by atoms with E-state index in [4.69, 9.17) is 4.74 Å². The Bertz CT molecular complexity index is 260. The fraction of sp³-hybridized carbons (Fsp3) is 0.636. The summed E-state index contributed by atoms with van der Waals surface area (Å²) in [5, 5.41) is 5.59. The molecule has 0 spiro atoms. The third-order valence-electron chi connectivity index (χ3n) is 2.20. The van der Waals surface area contributed by atoms with E-state index in [9.17, 15) is 0 Å². The molecule has 1 atom stereocenters. The lowest BCUT2D eigenvalue weighted by Gasteiger charge is -2.10. The van der Waals surface area contributed by atoms with Gasteiger partial charge in [-0.25, -0.2) is 0 Å². The molecule has 0 amide bonds. The highest BCUT2D eigenvalue weighted by Crippen LogP contribution is 2.14. The summed E-state index contributed by atoms with van der Waals surface area (Å²) in [5.41, 5.74) is 1.39. The Kier molecular flexibility index (Phi) is 5.15. The van der Waals surface area contributed by atoms with Gasteiger partial charge in [0, 0.05) is 31.7 Å². The zero-order valence-electron chi connectivity index (χ0n) is 9.17. The molecular weight excluding hydrogens is 194 g/mol. The molecule has 1 rings (SSSR count). The van der Waals surface area contributed by atoms with E-state index < -0.39 is 0 Å². The smallest absolute Gasteiger partial charge is 0.0499 e. The van der Waals surface area contributed by atoms with Crippen molar-refractivity contribution in [2.24, 2.45) is 5.92 Å². The third-order valence-corrected chi connectivity index (χ3v) is 3.22. The average Bonchev–Trinajstić information content (AvgIpc) is 2.52. The van der Waals surface area contributed by atoms with Crippen LogP contribution in [-0.4, -0.2) is 20.3 Å². The first-order valence-electron chi connectivity index (χ1n) is 4.96. The minimum atomic E-state index is 0.584. The van der Waals surface area contributed by atoms with Gasteiger partial charge in [0.1, 0.15) is 0 Å². The van der Waals surface area contributed by atoms with Crippen LogP contribution in [0.25, 0.3) is 0 Å². The van der Waals surface area contributed by atoms with E-state index in [1.807, 2.05) is 11.3 Å². The second-order valence-corrected chi connectivity index (χ2v) is 4.72. The minimum Gasteiger partial charge on any atom is -0.384 e. The predicted octanol–water partition coefficient (Wildman–Crippen LogP) is 2.43. The summed E-state index contributed by atoms with van der Waals surface area (Å²) in [6.07, 6.45) is 0. The van der Waals surface area contributed by atoms with Gasteiger partial charge in [0.15, 0.2) is 0 Å². The molecule has 0 aliphatic carbocycles. The number of ether oxygens (including phenoxy) is 1. The number of hydrogen-bond donors (Lipinski definition) is 1. The molecule has 0 saturated carbocycles. The molecule has 1 N–H and O–H groups in total. The van der Waals surface area contributed by atoms with Crippen molar-refractivity contribution in [1.82, 2.24) is 5.32 Å². The predicted molar refractivity (Wildman–Crippen MR) is 61.8 cm³/mol. The SMILES string of the molecule is COCC(C)CNCc1sccc1C. The van der Waals surface area contributed by atoms with Crippen molar-refractivity contribution in [2.45, 2.75) is 20.4 Å². The quantitative estimate of drug-likeness (QED) is 0.783. The number of aryl methyl sites for hydroxylation is 1. The Morgan fingerprint density at radius 1 is 1.57 bits per heavy atom. The second-order valence-electron chi connectivity index (χ2n) is 3.72. The van der Waals surface area contributed by atoms with Gasteiger partial charge in [0.05, 0.1) is 0 Å². The summed E-state index contributed by atoms with van der Waals surface area (Å²) in [6.45, 7) is 7.18.